The molecule has 5 nitrogen and oxygen atoms in total. The molecule has 5 rings (SSSR count). The van der Waals surface area contributed by atoms with Gasteiger partial charge in [0.2, 0.25) is 11.8 Å². The van der Waals surface area contributed by atoms with Gasteiger partial charge in [-0.15, -0.1) is 0 Å². The van der Waals surface area contributed by atoms with Crippen molar-refractivity contribution in [3.63, 3.8) is 0 Å². The SMILES string of the molecule is Cc1ccc(C(c2c(-c3ccccc3)noc2[O-])C(C(=O)c2ccccc2)[n+]2ccccc2)cc1. The minimum Gasteiger partial charge on any atom is -0.544 e. The van der Waals surface area contributed by atoms with Crippen LogP contribution in [-0.2, 0) is 0 Å². The summed E-state index contributed by atoms with van der Waals surface area (Å²) >= 11 is 0. The minimum atomic E-state index is -0.740. The molecule has 5 aromatic rings. The Morgan fingerprint density at radius 3 is 2.09 bits per heavy atom. The second-order valence-corrected chi connectivity index (χ2v) is 8.48. The molecule has 2 atom stereocenters. The molecule has 0 aliphatic carbocycles. The molecule has 0 saturated heterocycles. The summed E-state index contributed by atoms with van der Waals surface area (Å²) in [5, 5.41) is 17.4. The molecule has 0 radical (unpaired) electrons. The fourth-order valence-electron chi connectivity index (χ4n) is 4.47. The molecule has 0 N–H and O–H groups in total. The van der Waals surface area contributed by atoms with E-state index in [0.717, 1.165) is 16.7 Å². The Morgan fingerprint density at radius 2 is 1.43 bits per heavy atom. The van der Waals surface area contributed by atoms with Crippen LogP contribution >= 0.6 is 0 Å². The van der Waals surface area contributed by atoms with Gasteiger partial charge in [0, 0.05) is 28.8 Å². The highest BCUT2D eigenvalue weighted by molar-refractivity contribution is 5.99. The first-order valence-corrected chi connectivity index (χ1v) is 11.5. The lowest BCUT2D eigenvalue weighted by atomic mass is 9.80. The Hall–Kier alpha value is -4.51. The number of rotatable bonds is 7. The van der Waals surface area contributed by atoms with Crippen LogP contribution in [0, 0.1) is 6.92 Å². The zero-order valence-electron chi connectivity index (χ0n) is 19.2. The van der Waals surface area contributed by atoms with Gasteiger partial charge in [0.1, 0.15) is 0 Å². The predicted octanol–water partition coefficient (Wildman–Crippen LogP) is 5.27. The molecule has 5 heteroatoms. The minimum absolute atomic E-state index is 0.105. The molecule has 35 heavy (non-hydrogen) atoms. The number of hydrogen-bond donors (Lipinski definition) is 0. The fraction of sp³-hybridized carbons (Fsp3) is 0.100. The Morgan fingerprint density at radius 1 is 0.829 bits per heavy atom. The second-order valence-electron chi connectivity index (χ2n) is 8.48. The van der Waals surface area contributed by atoms with Crippen molar-refractivity contribution >= 4 is 5.78 Å². The summed E-state index contributed by atoms with van der Waals surface area (Å²) in [4.78, 5) is 14.1. The highest BCUT2D eigenvalue weighted by Crippen LogP contribution is 2.43. The highest BCUT2D eigenvalue weighted by Gasteiger charge is 2.41. The number of aryl methyl sites for hydroxylation is 1. The van der Waals surface area contributed by atoms with Crippen molar-refractivity contribution in [2.75, 3.05) is 0 Å². The van der Waals surface area contributed by atoms with Crippen LogP contribution in [0.25, 0.3) is 11.3 Å². The van der Waals surface area contributed by atoms with Crippen LogP contribution in [0.2, 0.25) is 0 Å². The van der Waals surface area contributed by atoms with Crippen molar-refractivity contribution in [2.45, 2.75) is 18.9 Å². The quantitative estimate of drug-likeness (QED) is 0.245. The number of carbonyl (C=O) groups is 1. The van der Waals surface area contributed by atoms with Gasteiger partial charge in [-0.2, -0.15) is 9.72 Å². The number of benzene rings is 3. The third-order valence-electron chi connectivity index (χ3n) is 6.19. The highest BCUT2D eigenvalue weighted by atomic mass is 16.5. The normalized spacial score (nSPS) is 12.7. The van der Waals surface area contributed by atoms with Crippen LogP contribution in [0.3, 0.4) is 0 Å². The summed E-state index contributed by atoms with van der Waals surface area (Å²) in [6.45, 7) is 2.01. The first kappa shape index (κ1) is 22.3. The molecule has 0 amide bonds. The summed E-state index contributed by atoms with van der Waals surface area (Å²) in [5.74, 6) is -1.28. The second kappa shape index (κ2) is 9.77. The maximum atomic E-state index is 14.1. The average molecular weight is 461 g/mol. The number of hydrogen-bond acceptors (Lipinski definition) is 4. The summed E-state index contributed by atoms with van der Waals surface area (Å²) in [7, 11) is 0. The van der Waals surface area contributed by atoms with E-state index in [1.54, 1.807) is 12.1 Å². The van der Waals surface area contributed by atoms with E-state index < -0.39 is 17.9 Å². The molecule has 0 bridgehead atoms. The van der Waals surface area contributed by atoms with Gasteiger partial charge in [-0.25, -0.2) is 0 Å². The molecular weight excluding hydrogens is 436 g/mol. The van der Waals surface area contributed by atoms with Crippen molar-refractivity contribution in [2.24, 2.45) is 0 Å². The molecule has 0 aliphatic heterocycles. The van der Waals surface area contributed by atoms with Gasteiger partial charge in [-0.3, -0.25) is 4.79 Å². The van der Waals surface area contributed by atoms with Crippen molar-refractivity contribution in [3.8, 4) is 17.2 Å². The number of carbonyl (C=O) groups excluding carboxylic acids is 1. The fourth-order valence-corrected chi connectivity index (χ4v) is 4.47. The van der Waals surface area contributed by atoms with E-state index in [1.807, 2.05) is 115 Å². The molecule has 0 saturated carbocycles. The Bertz CT molecular complexity index is 1410. The van der Waals surface area contributed by atoms with Crippen LogP contribution in [0.15, 0.2) is 120 Å². The lowest BCUT2D eigenvalue weighted by Gasteiger charge is -2.25. The molecular formula is C30H24N2O3. The molecule has 2 unspecified atom stereocenters. The van der Waals surface area contributed by atoms with Crippen LogP contribution in [-0.4, -0.2) is 10.9 Å². The van der Waals surface area contributed by atoms with Crippen molar-refractivity contribution in [1.29, 1.82) is 0 Å². The number of Topliss-reactive ketones (excluding diaryl/α,β-unsaturated/α-hetero) is 1. The van der Waals surface area contributed by atoms with Crippen molar-refractivity contribution in [3.05, 3.63) is 138 Å². The summed E-state index contributed by atoms with van der Waals surface area (Å²) in [6, 6.07) is 31.4. The largest absolute Gasteiger partial charge is 0.544 e. The van der Waals surface area contributed by atoms with E-state index >= 15 is 0 Å². The summed E-state index contributed by atoms with van der Waals surface area (Å²) < 4.78 is 7.08. The van der Waals surface area contributed by atoms with Gasteiger partial charge in [-0.05, 0) is 12.5 Å². The van der Waals surface area contributed by atoms with Crippen LogP contribution in [0.4, 0.5) is 0 Å². The topological polar surface area (TPSA) is 70.0 Å². The number of pyridine rings is 1. The molecule has 0 aliphatic rings. The van der Waals surface area contributed by atoms with Crippen LogP contribution in [0.5, 0.6) is 5.95 Å². The third kappa shape index (κ3) is 4.49. The van der Waals surface area contributed by atoms with E-state index in [-0.39, 0.29) is 5.78 Å². The summed E-state index contributed by atoms with van der Waals surface area (Å²) in [5.41, 5.74) is 4.06. The third-order valence-corrected chi connectivity index (χ3v) is 6.19. The maximum absolute atomic E-state index is 14.1. The van der Waals surface area contributed by atoms with Crippen molar-refractivity contribution in [1.82, 2.24) is 5.16 Å². The van der Waals surface area contributed by atoms with Gasteiger partial charge in [0.25, 0.3) is 0 Å². The molecule has 172 valence electrons. The Balaban J connectivity index is 1.78. The van der Waals surface area contributed by atoms with E-state index in [1.165, 1.54) is 0 Å². The van der Waals surface area contributed by atoms with Gasteiger partial charge in [0.05, 0.1) is 17.6 Å². The number of nitrogens with zero attached hydrogens (tertiary/aromatic N) is 2. The molecule has 0 spiro atoms. The molecule has 3 aromatic carbocycles. The zero-order valence-corrected chi connectivity index (χ0v) is 19.2. The van der Waals surface area contributed by atoms with Gasteiger partial charge >= 0.3 is 0 Å². The smallest absolute Gasteiger partial charge is 0.231 e. The van der Waals surface area contributed by atoms with Crippen molar-refractivity contribution < 1.29 is 19.0 Å². The van der Waals surface area contributed by atoms with E-state index in [9.17, 15) is 9.90 Å². The monoisotopic (exact) mass is 460 g/mol. The first-order valence-electron chi connectivity index (χ1n) is 11.5. The van der Waals surface area contributed by atoms with Crippen LogP contribution in [0.1, 0.15) is 39.0 Å². The number of aromatic nitrogens is 2. The molecule has 2 aromatic heterocycles. The molecule has 0 fully saturated rings. The molecule has 2 heterocycles. The van der Waals surface area contributed by atoms with Crippen LogP contribution < -0.4 is 9.67 Å². The summed E-state index contributed by atoms with van der Waals surface area (Å²) in [6.07, 6.45) is 3.71. The predicted molar refractivity (Wildman–Crippen MR) is 131 cm³/mol. The van der Waals surface area contributed by atoms with E-state index in [2.05, 4.69) is 5.16 Å². The maximum Gasteiger partial charge on any atom is 0.231 e. The number of ketones is 1. The zero-order chi connectivity index (χ0) is 24.2. The Labute approximate surface area is 203 Å². The van der Waals surface area contributed by atoms with Gasteiger partial charge < -0.3 is 9.63 Å². The lowest BCUT2D eigenvalue weighted by molar-refractivity contribution is -0.710. The van der Waals surface area contributed by atoms with E-state index in [0.29, 0.717) is 16.8 Å². The van der Waals surface area contributed by atoms with Gasteiger partial charge in [-0.1, -0.05) is 96.6 Å². The average Bonchev–Trinajstić information content (AvgIpc) is 3.30. The lowest BCUT2D eigenvalue weighted by Crippen LogP contribution is -2.47. The Kier molecular flexibility index (Phi) is 6.22. The van der Waals surface area contributed by atoms with Gasteiger partial charge in [0.15, 0.2) is 12.4 Å². The standard InChI is InChI=1S/C30H24N2O3/c1-21-15-17-22(18-16-21)25(26-27(31-35-30(26)34)23-11-5-2-6-12-23)28(32-19-9-4-10-20-32)29(33)24-13-7-3-8-14-24/h2-20,25,28H,1H3. The first-order chi connectivity index (χ1) is 17.1. The van der Waals surface area contributed by atoms with E-state index in [4.69, 9.17) is 4.52 Å².